The molecule has 0 amide bonds. The third-order valence-electron chi connectivity index (χ3n) is 8.14. The van der Waals surface area contributed by atoms with E-state index in [1.807, 2.05) is 30.9 Å². The van der Waals surface area contributed by atoms with E-state index in [2.05, 4.69) is 45.5 Å². The molecule has 0 radical (unpaired) electrons. The number of aromatic nitrogens is 3. The lowest BCUT2D eigenvalue weighted by molar-refractivity contribution is -0.0332. The van der Waals surface area contributed by atoms with Crippen molar-refractivity contribution in [2.75, 3.05) is 53.4 Å². The minimum absolute atomic E-state index is 0.0181. The number of fused-ring (bicyclic) bond motifs is 1. The van der Waals surface area contributed by atoms with Crippen LogP contribution in [0.5, 0.6) is 0 Å². The van der Waals surface area contributed by atoms with Gasteiger partial charge in [0, 0.05) is 61.0 Å². The van der Waals surface area contributed by atoms with Gasteiger partial charge >= 0.3 is 0 Å². The average molecular weight is 541 g/mol. The zero-order chi connectivity index (χ0) is 27.0. The molecule has 0 spiro atoms. The van der Waals surface area contributed by atoms with Gasteiger partial charge in [0.15, 0.2) is 0 Å². The lowest BCUT2D eigenvalue weighted by atomic mass is 9.88. The standard InChI is InChI=1S/C28H37FN6O2S/c1-17(15-36)20-5-6-23(35-13-19(16-38-4)18(35)2)22-12-31-26(11-21(20)22)32-25-7-9-30-27(33-25)34-10-8-28(3,37)24(29)14-34/h5-7,9,11-12,17-19,24,36-37H,8,10,13-16H2,1-4H3,(H,30,31,32,33)/t17?,18-,19-,24+,28-/m1/s1. The van der Waals surface area contributed by atoms with Crippen LogP contribution in [-0.4, -0.2) is 81.2 Å². The van der Waals surface area contributed by atoms with Gasteiger partial charge in [0.25, 0.3) is 0 Å². The number of aliphatic hydroxyl groups is 2. The normalized spacial score (nSPS) is 26.3. The van der Waals surface area contributed by atoms with Crippen molar-refractivity contribution < 1.29 is 14.6 Å². The Balaban J connectivity index is 1.42. The van der Waals surface area contributed by atoms with Crippen molar-refractivity contribution in [3.8, 4) is 0 Å². The lowest BCUT2D eigenvalue weighted by Gasteiger charge is -2.48. The SMILES string of the molecule is CSC[C@H]1CN(c2ccc(C(C)CO)c3cc(Nc4ccnc(N5CC[C@@](C)(O)[C@@H](F)C5)n4)ncc23)[C@@H]1C. The van der Waals surface area contributed by atoms with Gasteiger partial charge in [-0.2, -0.15) is 16.7 Å². The summed E-state index contributed by atoms with van der Waals surface area (Å²) in [6, 6.07) is 8.52. The molecule has 4 heterocycles. The molecule has 3 N–H and O–H groups in total. The summed E-state index contributed by atoms with van der Waals surface area (Å²) in [5.41, 5.74) is 0.917. The van der Waals surface area contributed by atoms with E-state index in [0.29, 0.717) is 42.5 Å². The smallest absolute Gasteiger partial charge is 0.227 e. The molecule has 2 aromatic heterocycles. The number of anilines is 4. The third-order valence-corrected chi connectivity index (χ3v) is 8.90. The summed E-state index contributed by atoms with van der Waals surface area (Å²) < 4.78 is 14.4. The molecule has 8 nitrogen and oxygen atoms in total. The van der Waals surface area contributed by atoms with E-state index < -0.39 is 11.8 Å². The second-order valence-electron chi connectivity index (χ2n) is 10.9. The first kappa shape index (κ1) is 26.9. The van der Waals surface area contributed by atoms with Crippen LogP contribution in [0.15, 0.2) is 36.7 Å². The Morgan fingerprint density at radius 2 is 2.03 bits per heavy atom. The first-order valence-corrected chi connectivity index (χ1v) is 14.6. The van der Waals surface area contributed by atoms with E-state index in [-0.39, 0.29) is 19.1 Å². The molecule has 1 aromatic carbocycles. The van der Waals surface area contributed by atoms with Crippen molar-refractivity contribution in [3.05, 3.63) is 42.2 Å². The summed E-state index contributed by atoms with van der Waals surface area (Å²) in [5, 5.41) is 25.5. The number of rotatable bonds is 8. The molecule has 2 aliphatic heterocycles. The number of pyridine rings is 1. The number of hydrogen-bond acceptors (Lipinski definition) is 9. The second kappa shape index (κ2) is 10.8. The van der Waals surface area contributed by atoms with Crippen LogP contribution in [0.4, 0.5) is 27.7 Å². The number of thioether (sulfide) groups is 1. The molecular weight excluding hydrogens is 503 g/mol. The molecule has 3 aromatic rings. The highest BCUT2D eigenvalue weighted by molar-refractivity contribution is 7.98. The fraction of sp³-hybridized carbons (Fsp3) is 0.536. The Morgan fingerprint density at radius 3 is 2.74 bits per heavy atom. The van der Waals surface area contributed by atoms with E-state index in [0.717, 1.165) is 28.6 Å². The zero-order valence-electron chi connectivity index (χ0n) is 22.4. The van der Waals surface area contributed by atoms with Crippen LogP contribution in [0.25, 0.3) is 10.8 Å². The third kappa shape index (κ3) is 5.13. The average Bonchev–Trinajstić information content (AvgIpc) is 2.91. The van der Waals surface area contributed by atoms with Gasteiger partial charge in [0.2, 0.25) is 5.95 Å². The highest BCUT2D eigenvalue weighted by Gasteiger charge is 2.39. The highest BCUT2D eigenvalue weighted by Crippen LogP contribution is 2.40. The molecule has 2 saturated heterocycles. The van der Waals surface area contributed by atoms with Crippen LogP contribution in [-0.2, 0) is 0 Å². The molecule has 204 valence electrons. The number of alkyl halides is 1. The fourth-order valence-corrected chi connectivity index (χ4v) is 6.20. The maximum atomic E-state index is 14.4. The summed E-state index contributed by atoms with van der Waals surface area (Å²) in [4.78, 5) is 17.8. The van der Waals surface area contributed by atoms with Gasteiger partial charge in [-0.15, -0.1) is 0 Å². The van der Waals surface area contributed by atoms with Crippen LogP contribution in [0.2, 0.25) is 0 Å². The largest absolute Gasteiger partial charge is 0.396 e. The Labute approximate surface area is 227 Å². The molecule has 38 heavy (non-hydrogen) atoms. The van der Waals surface area contributed by atoms with Gasteiger partial charge < -0.3 is 25.3 Å². The van der Waals surface area contributed by atoms with Crippen molar-refractivity contribution in [3.63, 3.8) is 0 Å². The van der Waals surface area contributed by atoms with E-state index in [1.54, 1.807) is 17.2 Å². The number of hydrogen-bond donors (Lipinski definition) is 3. The maximum absolute atomic E-state index is 14.4. The molecule has 0 saturated carbocycles. The minimum Gasteiger partial charge on any atom is -0.396 e. The van der Waals surface area contributed by atoms with E-state index >= 15 is 0 Å². The molecule has 1 unspecified atom stereocenters. The van der Waals surface area contributed by atoms with Crippen molar-refractivity contribution in [2.45, 2.75) is 50.9 Å². The van der Waals surface area contributed by atoms with Gasteiger partial charge in [-0.3, -0.25) is 0 Å². The first-order chi connectivity index (χ1) is 18.2. The van der Waals surface area contributed by atoms with Crippen molar-refractivity contribution >= 4 is 45.8 Å². The summed E-state index contributed by atoms with van der Waals surface area (Å²) in [6.45, 7) is 7.44. The number of aliphatic hydroxyl groups excluding tert-OH is 1. The van der Waals surface area contributed by atoms with Gasteiger partial charge in [0.05, 0.1) is 12.1 Å². The molecule has 0 aliphatic carbocycles. The molecule has 0 bridgehead atoms. The summed E-state index contributed by atoms with van der Waals surface area (Å²) in [7, 11) is 0. The molecule has 2 aliphatic rings. The van der Waals surface area contributed by atoms with Crippen LogP contribution in [0.3, 0.4) is 0 Å². The predicted octanol–water partition coefficient (Wildman–Crippen LogP) is 4.35. The summed E-state index contributed by atoms with van der Waals surface area (Å²) >= 11 is 1.89. The zero-order valence-corrected chi connectivity index (χ0v) is 23.2. The highest BCUT2D eigenvalue weighted by atomic mass is 32.2. The molecule has 2 fully saturated rings. The summed E-state index contributed by atoms with van der Waals surface area (Å²) in [6.07, 6.45) is 4.63. The Kier molecular flexibility index (Phi) is 7.66. The number of benzene rings is 1. The Bertz CT molecular complexity index is 1290. The van der Waals surface area contributed by atoms with E-state index in [9.17, 15) is 14.6 Å². The van der Waals surface area contributed by atoms with Crippen LogP contribution < -0.4 is 15.1 Å². The molecule has 5 atom stereocenters. The molecule has 5 rings (SSSR count). The quantitative estimate of drug-likeness (QED) is 0.385. The van der Waals surface area contributed by atoms with Gasteiger partial charge in [-0.1, -0.05) is 13.0 Å². The Hall–Kier alpha value is -2.69. The van der Waals surface area contributed by atoms with Gasteiger partial charge in [-0.25, -0.2) is 14.4 Å². The van der Waals surface area contributed by atoms with Crippen molar-refractivity contribution in [1.29, 1.82) is 0 Å². The van der Waals surface area contributed by atoms with E-state index in [4.69, 9.17) is 4.98 Å². The maximum Gasteiger partial charge on any atom is 0.227 e. The monoisotopic (exact) mass is 540 g/mol. The molecular formula is C28H37FN6O2S. The minimum atomic E-state index is -1.37. The van der Waals surface area contributed by atoms with Crippen LogP contribution >= 0.6 is 11.8 Å². The van der Waals surface area contributed by atoms with Gasteiger partial charge in [-0.05, 0) is 61.4 Å². The lowest BCUT2D eigenvalue weighted by Crippen LogP contribution is -2.55. The van der Waals surface area contributed by atoms with Crippen molar-refractivity contribution in [2.24, 2.45) is 5.92 Å². The summed E-state index contributed by atoms with van der Waals surface area (Å²) in [5.74, 6) is 3.42. The van der Waals surface area contributed by atoms with Crippen LogP contribution in [0.1, 0.15) is 38.7 Å². The van der Waals surface area contributed by atoms with E-state index in [1.165, 1.54) is 12.6 Å². The number of piperidine rings is 1. The van der Waals surface area contributed by atoms with Crippen molar-refractivity contribution in [1.82, 2.24) is 15.0 Å². The molecule has 10 heteroatoms. The number of halogens is 1. The fourth-order valence-electron chi connectivity index (χ4n) is 5.39. The second-order valence-corrected chi connectivity index (χ2v) is 11.8. The number of nitrogens with zero attached hydrogens (tertiary/aromatic N) is 5. The topological polar surface area (TPSA) is 97.6 Å². The van der Waals surface area contributed by atoms with Gasteiger partial charge in [0.1, 0.15) is 17.8 Å². The predicted molar refractivity (Wildman–Crippen MR) is 154 cm³/mol. The Morgan fingerprint density at radius 1 is 1.21 bits per heavy atom. The number of nitrogens with one attached hydrogen (secondary N) is 1. The van der Waals surface area contributed by atoms with Crippen LogP contribution in [0, 0.1) is 5.92 Å². The first-order valence-electron chi connectivity index (χ1n) is 13.2.